The molecule has 3 heterocycles. The van der Waals surface area contributed by atoms with Gasteiger partial charge in [-0.15, -0.1) is 0 Å². The number of hydrogen-bond donors (Lipinski definition) is 3. The minimum absolute atomic E-state index is 0.327. The fourth-order valence-electron chi connectivity index (χ4n) is 2.98. The molecule has 0 atom stereocenters. The lowest BCUT2D eigenvalue weighted by Gasteiger charge is -2.14. The van der Waals surface area contributed by atoms with Crippen molar-refractivity contribution in [3.05, 3.63) is 91.1 Å². The van der Waals surface area contributed by atoms with Crippen molar-refractivity contribution >= 4 is 22.4 Å². The second-order valence-electron chi connectivity index (χ2n) is 6.68. The Labute approximate surface area is 173 Å². The van der Waals surface area contributed by atoms with Crippen molar-refractivity contribution in [3.8, 4) is 5.69 Å². The molecular weight excluding hydrogens is 412 g/mol. The van der Waals surface area contributed by atoms with Crippen molar-refractivity contribution in [3.63, 3.8) is 0 Å². The Bertz CT molecular complexity index is 1250. The molecule has 158 valence electrons. The number of benzene rings is 1. The number of aromatic nitrogens is 4. The Balaban J connectivity index is 1.55. The van der Waals surface area contributed by atoms with Crippen LogP contribution in [0.4, 0.5) is 28.9 Å². The lowest BCUT2D eigenvalue weighted by molar-refractivity contribution is -0.137. The van der Waals surface area contributed by atoms with Crippen LogP contribution in [0.2, 0.25) is 0 Å². The Hall–Kier alpha value is -4.08. The van der Waals surface area contributed by atoms with Crippen LogP contribution in [-0.4, -0.2) is 19.7 Å². The van der Waals surface area contributed by atoms with Gasteiger partial charge in [0.05, 0.1) is 40.7 Å². The summed E-state index contributed by atoms with van der Waals surface area (Å²) in [5, 5.41) is 13.1. The van der Waals surface area contributed by atoms with Gasteiger partial charge >= 0.3 is 6.18 Å². The van der Waals surface area contributed by atoms with Crippen LogP contribution in [0.1, 0.15) is 5.56 Å². The highest BCUT2D eigenvalue weighted by Gasteiger charge is 2.29. The number of nitrogens with one attached hydrogen (secondary N) is 3. The van der Waals surface area contributed by atoms with Crippen molar-refractivity contribution in [2.75, 3.05) is 10.6 Å². The highest BCUT2D eigenvalue weighted by molar-refractivity contribution is 5.92. The molecule has 0 saturated heterocycles. The van der Waals surface area contributed by atoms with Gasteiger partial charge in [0.1, 0.15) is 11.5 Å². The molecule has 10 heteroatoms. The summed E-state index contributed by atoms with van der Waals surface area (Å²) in [6, 6.07) is 5.87. The van der Waals surface area contributed by atoms with Crippen LogP contribution >= 0.6 is 0 Å². The summed E-state index contributed by atoms with van der Waals surface area (Å²) in [5.74, 6) is -0.507. The van der Waals surface area contributed by atoms with Gasteiger partial charge < -0.3 is 10.6 Å². The average molecular weight is 428 g/mol. The minimum atomic E-state index is -4.41. The number of halogens is 4. The summed E-state index contributed by atoms with van der Waals surface area (Å²) in [6.45, 7) is 7.77. The maximum atomic E-state index is 13.8. The zero-order chi connectivity index (χ0) is 22.2. The van der Waals surface area contributed by atoms with E-state index in [2.05, 4.69) is 39.0 Å². The molecule has 1 aromatic carbocycles. The lowest BCUT2D eigenvalue weighted by atomic mass is 10.2. The lowest BCUT2D eigenvalue weighted by Crippen LogP contribution is -2.08. The number of alkyl halides is 3. The van der Waals surface area contributed by atoms with E-state index in [4.69, 9.17) is 0 Å². The SMILES string of the molecule is C=C(Nc1ccc(C(F)(F)F)cc1)C(=C)Nc1cn(-c2cn[nH]c2)c2ncc(F)cc12. The van der Waals surface area contributed by atoms with Crippen LogP contribution in [-0.2, 0) is 6.18 Å². The van der Waals surface area contributed by atoms with Gasteiger partial charge in [0.15, 0.2) is 0 Å². The number of hydrogen-bond acceptors (Lipinski definition) is 4. The highest BCUT2D eigenvalue weighted by atomic mass is 19.4. The Kier molecular flexibility index (Phi) is 4.97. The fraction of sp³-hybridized carbons (Fsp3) is 0.0476. The quantitative estimate of drug-likeness (QED) is 0.282. The van der Waals surface area contributed by atoms with Crippen LogP contribution in [0.5, 0.6) is 0 Å². The summed E-state index contributed by atoms with van der Waals surface area (Å²) < 4.78 is 53.7. The van der Waals surface area contributed by atoms with Gasteiger partial charge in [-0.2, -0.15) is 18.3 Å². The first kappa shape index (κ1) is 20.2. The first-order chi connectivity index (χ1) is 14.7. The molecule has 6 nitrogen and oxygen atoms in total. The van der Waals surface area contributed by atoms with Crippen molar-refractivity contribution in [2.24, 2.45) is 0 Å². The number of rotatable bonds is 6. The standard InChI is InChI=1S/C21H16F4N6/c1-12(29-16-5-3-14(4-6-16)21(23,24)25)13(2)30-19-11-31(17-9-27-28-10-17)20-18(19)7-15(22)8-26-20/h3-11,29-30H,1-2H2,(H,27,28). The van der Waals surface area contributed by atoms with E-state index >= 15 is 0 Å². The number of nitrogens with zero attached hydrogens (tertiary/aromatic N) is 3. The van der Waals surface area contributed by atoms with E-state index < -0.39 is 17.6 Å². The van der Waals surface area contributed by atoms with Crippen molar-refractivity contribution < 1.29 is 17.6 Å². The summed E-state index contributed by atoms with van der Waals surface area (Å²) in [6.07, 6.45) is 1.66. The van der Waals surface area contributed by atoms with Crippen molar-refractivity contribution in [1.82, 2.24) is 19.7 Å². The number of anilines is 2. The van der Waals surface area contributed by atoms with Gasteiger partial charge in [-0.25, -0.2) is 9.37 Å². The molecule has 0 amide bonds. The third-order valence-electron chi connectivity index (χ3n) is 4.53. The fourth-order valence-corrected chi connectivity index (χ4v) is 2.98. The van der Waals surface area contributed by atoms with Gasteiger partial charge in [-0.05, 0) is 30.3 Å². The molecule has 0 spiro atoms. The maximum absolute atomic E-state index is 13.8. The van der Waals surface area contributed by atoms with Gasteiger partial charge in [-0.1, -0.05) is 13.2 Å². The smallest absolute Gasteiger partial charge is 0.354 e. The van der Waals surface area contributed by atoms with E-state index in [1.807, 2.05) is 0 Å². The molecule has 0 radical (unpaired) electrons. The molecule has 0 unspecified atom stereocenters. The number of fused-ring (bicyclic) bond motifs is 1. The largest absolute Gasteiger partial charge is 0.416 e. The van der Waals surface area contributed by atoms with Crippen LogP contribution in [0.15, 0.2) is 79.7 Å². The Morgan fingerprint density at radius 3 is 2.39 bits per heavy atom. The second-order valence-corrected chi connectivity index (χ2v) is 6.68. The normalized spacial score (nSPS) is 11.5. The van der Waals surface area contributed by atoms with E-state index in [0.717, 1.165) is 18.3 Å². The first-order valence-electron chi connectivity index (χ1n) is 8.97. The summed E-state index contributed by atoms with van der Waals surface area (Å²) >= 11 is 0. The van der Waals surface area contributed by atoms with Crippen LogP contribution in [0.3, 0.4) is 0 Å². The molecule has 0 saturated carbocycles. The number of aromatic amines is 1. The highest BCUT2D eigenvalue weighted by Crippen LogP contribution is 2.31. The Morgan fingerprint density at radius 2 is 1.74 bits per heavy atom. The zero-order valence-electron chi connectivity index (χ0n) is 16.0. The predicted molar refractivity (Wildman–Crippen MR) is 110 cm³/mol. The van der Waals surface area contributed by atoms with Crippen LogP contribution in [0.25, 0.3) is 16.7 Å². The topological polar surface area (TPSA) is 70.6 Å². The molecule has 0 bridgehead atoms. The molecule has 0 aliphatic heterocycles. The van der Waals surface area contributed by atoms with Crippen LogP contribution < -0.4 is 10.6 Å². The molecule has 3 N–H and O–H groups in total. The molecule has 4 rings (SSSR count). The molecule has 0 fully saturated rings. The van der Waals surface area contributed by atoms with E-state index in [0.29, 0.717) is 39.5 Å². The van der Waals surface area contributed by atoms with Gasteiger partial charge in [-0.3, -0.25) is 9.67 Å². The van der Waals surface area contributed by atoms with Gasteiger partial charge in [0.25, 0.3) is 0 Å². The van der Waals surface area contributed by atoms with Crippen molar-refractivity contribution in [1.29, 1.82) is 0 Å². The molecule has 4 aromatic rings. The molecule has 3 aromatic heterocycles. The van der Waals surface area contributed by atoms with Crippen LogP contribution in [0, 0.1) is 5.82 Å². The predicted octanol–water partition coefficient (Wildman–Crippen LogP) is 5.46. The molecule has 31 heavy (non-hydrogen) atoms. The summed E-state index contributed by atoms with van der Waals surface area (Å²) in [7, 11) is 0. The second kappa shape index (κ2) is 7.63. The summed E-state index contributed by atoms with van der Waals surface area (Å²) in [4.78, 5) is 4.15. The number of H-pyrrole nitrogens is 1. The maximum Gasteiger partial charge on any atom is 0.416 e. The summed E-state index contributed by atoms with van der Waals surface area (Å²) in [5.41, 5.74) is 2.05. The Morgan fingerprint density at radius 1 is 1.03 bits per heavy atom. The third kappa shape index (κ3) is 4.13. The van der Waals surface area contributed by atoms with Gasteiger partial charge in [0.2, 0.25) is 0 Å². The molecule has 0 aliphatic rings. The monoisotopic (exact) mass is 428 g/mol. The average Bonchev–Trinajstić information content (AvgIpc) is 3.36. The third-order valence-corrected chi connectivity index (χ3v) is 4.53. The van der Waals surface area contributed by atoms with Gasteiger partial charge in [0, 0.05) is 23.5 Å². The van der Waals surface area contributed by atoms with E-state index in [9.17, 15) is 17.6 Å². The van der Waals surface area contributed by atoms with E-state index in [-0.39, 0.29) is 0 Å². The van der Waals surface area contributed by atoms with E-state index in [1.54, 1.807) is 23.2 Å². The molecule has 0 aliphatic carbocycles. The minimum Gasteiger partial charge on any atom is -0.354 e. The van der Waals surface area contributed by atoms with E-state index in [1.165, 1.54) is 18.2 Å². The van der Waals surface area contributed by atoms with Crippen molar-refractivity contribution in [2.45, 2.75) is 6.18 Å². The number of pyridine rings is 1. The zero-order valence-corrected chi connectivity index (χ0v) is 16.0. The first-order valence-corrected chi connectivity index (χ1v) is 8.97. The molecular formula is C21H16F4N6.